The number of hydrogen-bond donors (Lipinski definition) is 0. The van der Waals surface area contributed by atoms with Gasteiger partial charge in [0, 0.05) is 5.56 Å². The van der Waals surface area contributed by atoms with Gasteiger partial charge in [-0.15, -0.1) is 0 Å². The Bertz CT molecular complexity index is 433. The molecule has 0 N–H and O–H groups in total. The Morgan fingerprint density at radius 1 is 1.12 bits per heavy atom. The van der Waals surface area contributed by atoms with Crippen LogP contribution in [0.15, 0.2) is 24.3 Å². The Labute approximate surface area is 96.7 Å². The van der Waals surface area contributed by atoms with E-state index < -0.39 is 13.6 Å². The van der Waals surface area contributed by atoms with Crippen molar-refractivity contribution in [1.82, 2.24) is 0 Å². The van der Waals surface area contributed by atoms with Gasteiger partial charge in [0.05, 0.1) is 0 Å². The molecule has 0 saturated carbocycles. The zero-order valence-corrected chi connectivity index (χ0v) is 11.1. The van der Waals surface area contributed by atoms with Gasteiger partial charge in [-0.05, 0) is 24.5 Å². The highest BCUT2D eigenvalue weighted by Gasteiger charge is 2.43. The Hall–Kier alpha value is -1.14. The van der Waals surface area contributed by atoms with Crippen LogP contribution in [-0.2, 0) is 0 Å². The first-order valence-electron chi connectivity index (χ1n) is 5.21. The average Bonchev–Trinajstić information content (AvgIpc) is 2.15. The van der Waals surface area contributed by atoms with E-state index in [0.29, 0.717) is 5.56 Å². The second kappa shape index (κ2) is 4.38. The van der Waals surface area contributed by atoms with E-state index in [1.54, 1.807) is 25.7 Å². The first-order valence-corrected chi connectivity index (χ1v) is 8.71. The fourth-order valence-corrected chi connectivity index (χ4v) is 1.48. The molecule has 0 aliphatic rings. The summed E-state index contributed by atoms with van der Waals surface area (Å²) in [7, 11) is -2.56. The van der Waals surface area contributed by atoms with Crippen LogP contribution in [0.1, 0.15) is 11.1 Å². The molecule has 0 fully saturated rings. The van der Waals surface area contributed by atoms with Gasteiger partial charge in [0.25, 0.3) is 5.55 Å². The molecule has 1 rings (SSSR count). The number of rotatable bonds is 1. The first kappa shape index (κ1) is 12.9. The topological polar surface area (TPSA) is 0 Å². The number of alkyl halides is 2. The van der Waals surface area contributed by atoms with Crippen molar-refractivity contribution in [2.24, 2.45) is 0 Å². The second-order valence-corrected chi connectivity index (χ2v) is 10.0. The van der Waals surface area contributed by atoms with Crippen LogP contribution in [-0.4, -0.2) is 13.6 Å². The normalized spacial score (nSPS) is 11.9. The van der Waals surface area contributed by atoms with Crippen LogP contribution in [0.25, 0.3) is 0 Å². The maximum atomic E-state index is 13.6. The number of aryl methyl sites for hydroxylation is 1. The van der Waals surface area contributed by atoms with Crippen LogP contribution in [0, 0.1) is 18.8 Å². The minimum absolute atomic E-state index is 0.681. The highest BCUT2D eigenvalue weighted by atomic mass is 28.3. The van der Waals surface area contributed by atoms with Crippen molar-refractivity contribution >= 4 is 8.07 Å². The Kier molecular flexibility index (Phi) is 3.54. The molecule has 0 amide bonds. The Balaban J connectivity index is 3.04. The predicted molar refractivity (Wildman–Crippen MR) is 66.4 cm³/mol. The van der Waals surface area contributed by atoms with Gasteiger partial charge >= 0.3 is 0 Å². The predicted octanol–water partition coefficient (Wildman–Crippen LogP) is 3.86. The minimum atomic E-state index is -2.84. The lowest BCUT2D eigenvalue weighted by molar-refractivity contribution is 0.149. The number of benzene rings is 1. The standard InChI is InChI=1S/C13H16F2Si/c1-11-7-5-6-8-12(11)9-10-13(14,15)16(2,3)4/h5-8H,1-4H3. The zero-order chi connectivity index (χ0) is 12.4. The molecule has 0 aromatic heterocycles. The molecule has 0 radical (unpaired) electrons. The lowest BCUT2D eigenvalue weighted by Crippen LogP contribution is -2.43. The van der Waals surface area contributed by atoms with E-state index in [1.807, 2.05) is 25.1 Å². The van der Waals surface area contributed by atoms with Gasteiger partial charge in [0.15, 0.2) is 0 Å². The van der Waals surface area contributed by atoms with E-state index in [1.165, 1.54) is 0 Å². The van der Waals surface area contributed by atoms with E-state index in [4.69, 9.17) is 0 Å². The third-order valence-electron chi connectivity index (χ3n) is 2.44. The fraction of sp³-hybridized carbons (Fsp3) is 0.385. The van der Waals surface area contributed by atoms with Crippen molar-refractivity contribution in [1.29, 1.82) is 0 Å². The third-order valence-corrected chi connectivity index (χ3v) is 4.45. The van der Waals surface area contributed by atoms with Crippen molar-refractivity contribution < 1.29 is 8.78 Å². The summed E-state index contributed by atoms with van der Waals surface area (Å²) < 4.78 is 27.3. The van der Waals surface area contributed by atoms with E-state index >= 15 is 0 Å². The molecule has 0 unspecified atom stereocenters. The minimum Gasteiger partial charge on any atom is -0.198 e. The first-order chi connectivity index (χ1) is 7.24. The summed E-state index contributed by atoms with van der Waals surface area (Å²) in [4.78, 5) is 0. The maximum Gasteiger partial charge on any atom is 0.286 e. The van der Waals surface area contributed by atoms with Crippen molar-refractivity contribution in [2.45, 2.75) is 32.1 Å². The van der Waals surface area contributed by atoms with Crippen molar-refractivity contribution in [3.8, 4) is 11.8 Å². The molecule has 0 atom stereocenters. The molecule has 0 heterocycles. The summed E-state index contributed by atoms with van der Waals surface area (Å²) in [5, 5.41) is 0. The van der Waals surface area contributed by atoms with Gasteiger partial charge in [-0.25, -0.2) is 0 Å². The molecular formula is C13H16F2Si. The highest BCUT2D eigenvalue weighted by Crippen LogP contribution is 2.26. The molecule has 3 heteroatoms. The largest absolute Gasteiger partial charge is 0.286 e. The summed E-state index contributed by atoms with van der Waals surface area (Å²) in [6.45, 7) is 6.75. The SMILES string of the molecule is Cc1ccccc1C#CC(F)(F)[Si](C)(C)C. The lowest BCUT2D eigenvalue weighted by atomic mass is 10.1. The van der Waals surface area contributed by atoms with Gasteiger partial charge in [0.2, 0.25) is 0 Å². The molecule has 0 aliphatic heterocycles. The molecule has 0 bridgehead atoms. The molecule has 0 aliphatic carbocycles. The molecule has 0 saturated heterocycles. The van der Waals surface area contributed by atoms with Gasteiger partial charge in [0.1, 0.15) is 8.07 Å². The van der Waals surface area contributed by atoms with E-state index in [9.17, 15) is 8.78 Å². The summed E-state index contributed by atoms with van der Waals surface area (Å²) in [6, 6.07) is 7.32. The number of hydrogen-bond acceptors (Lipinski definition) is 0. The summed E-state index contributed by atoms with van der Waals surface area (Å²) in [5.41, 5.74) is -1.23. The van der Waals surface area contributed by atoms with Gasteiger partial charge in [-0.2, -0.15) is 8.78 Å². The molecule has 0 nitrogen and oxygen atoms in total. The molecular weight excluding hydrogens is 222 g/mol. The molecule has 86 valence electrons. The third kappa shape index (κ3) is 2.93. The zero-order valence-electron chi connectivity index (χ0n) is 10.1. The quantitative estimate of drug-likeness (QED) is 0.515. The van der Waals surface area contributed by atoms with Crippen molar-refractivity contribution in [2.75, 3.05) is 0 Å². The van der Waals surface area contributed by atoms with Crippen molar-refractivity contribution in [3.05, 3.63) is 35.4 Å². The van der Waals surface area contributed by atoms with Crippen LogP contribution in [0.3, 0.4) is 0 Å². The summed E-state index contributed by atoms with van der Waals surface area (Å²) >= 11 is 0. The smallest absolute Gasteiger partial charge is 0.198 e. The summed E-state index contributed by atoms with van der Waals surface area (Å²) in [6.07, 6.45) is 0. The Morgan fingerprint density at radius 2 is 1.69 bits per heavy atom. The van der Waals surface area contributed by atoms with Crippen LogP contribution >= 0.6 is 0 Å². The fourth-order valence-electron chi connectivity index (χ4n) is 1.05. The molecule has 0 spiro atoms. The molecule has 1 aromatic carbocycles. The van der Waals surface area contributed by atoms with Crippen LogP contribution in [0.4, 0.5) is 8.78 Å². The van der Waals surface area contributed by atoms with Crippen LogP contribution < -0.4 is 0 Å². The van der Waals surface area contributed by atoms with Crippen LogP contribution in [0.2, 0.25) is 19.6 Å². The maximum absolute atomic E-state index is 13.6. The molecule has 16 heavy (non-hydrogen) atoms. The van der Waals surface area contributed by atoms with E-state index in [0.717, 1.165) is 5.56 Å². The highest BCUT2D eigenvalue weighted by molar-refractivity contribution is 6.79. The van der Waals surface area contributed by atoms with Crippen LogP contribution in [0.5, 0.6) is 0 Å². The lowest BCUT2D eigenvalue weighted by Gasteiger charge is -2.22. The van der Waals surface area contributed by atoms with E-state index in [2.05, 4.69) is 11.8 Å². The van der Waals surface area contributed by atoms with Gasteiger partial charge < -0.3 is 0 Å². The second-order valence-electron chi connectivity index (χ2n) is 4.89. The summed E-state index contributed by atoms with van der Waals surface area (Å²) in [5.74, 6) is 4.73. The monoisotopic (exact) mass is 238 g/mol. The van der Waals surface area contributed by atoms with Gasteiger partial charge in [-0.1, -0.05) is 43.8 Å². The van der Waals surface area contributed by atoms with Crippen molar-refractivity contribution in [3.63, 3.8) is 0 Å². The average molecular weight is 238 g/mol. The number of halogens is 2. The van der Waals surface area contributed by atoms with Gasteiger partial charge in [-0.3, -0.25) is 0 Å². The Morgan fingerprint density at radius 3 is 2.19 bits per heavy atom. The molecule has 1 aromatic rings. The van der Waals surface area contributed by atoms with E-state index in [-0.39, 0.29) is 0 Å².